The summed E-state index contributed by atoms with van der Waals surface area (Å²) in [5.74, 6) is 3.37. The molecule has 2 rings (SSSR count). The van der Waals surface area contributed by atoms with Gasteiger partial charge >= 0.3 is 0 Å². The van der Waals surface area contributed by atoms with Crippen LogP contribution in [0.25, 0.3) is 0 Å². The molecule has 0 saturated carbocycles. The molecule has 0 saturated heterocycles. The van der Waals surface area contributed by atoms with Crippen LogP contribution in [-0.2, 0) is 19.4 Å². The van der Waals surface area contributed by atoms with Gasteiger partial charge in [0.1, 0.15) is 11.6 Å². The Kier molecular flexibility index (Phi) is 10.5. The minimum absolute atomic E-state index is 0.568. The maximum Gasteiger partial charge on any atom is 0.191 e. The van der Waals surface area contributed by atoms with Crippen LogP contribution in [0.1, 0.15) is 38.6 Å². The van der Waals surface area contributed by atoms with Crippen LogP contribution >= 0.6 is 11.8 Å². The maximum absolute atomic E-state index is 5.21. The fourth-order valence-corrected chi connectivity index (χ4v) is 3.61. The molecular formula is C22H36N6OS. The van der Waals surface area contributed by atoms with Crippen LogP contribution in [0.2, 0.25) is 0 Å². The molecule has 30 heavy (non-hydrogen) atoms. The molecule has 7 nitrogen and oxygen atoms in total. The highest BCUT2D eigenvalue weighted by molar-refractivity contribution is 7.98. The van der Waals surface area contributed by atoms with Gasteiger partial charge in [0, 0.05) is 32.6 Å². The SMILES string of the molecule is CCNC(=NCCCc1nnc(SC)n1CC(C)C)NCCc1ccc(OC)cc1. The van der Waals surface area contributed by atoms with Gasteiger partial charge in [-0.25, -0.2) is 0 Å². The van der Waals surface area contributed by atoms with Crippen molar-refractivity contribution in [3.05, 3.63) is 35.7 Å². The topological polar surface area (TPSA) is 76.4 Å². The molecule has 166 valence electrons. The third kappa shape index (κ3) is 7.89. The van der Waals surface area contributed by atoms with E-state index in [1.54, 1.807) is 18.9 Å². The number of aryl methyl sites for hydroxylation is 1. The molecule has 1 heterocycles. The number of aromatic nitrogens is 3. The highest BCUT2D eigenvalue weighted by Gasteiger charge is 2.12. The quantitative estimate of drug-likeness (QED) is 0.232. The lowest BCUT2D eigenvalue weighted by molar-refractivity contribution is 0.414. The lowest BCUT2D eigenvalue weighted by Gasteiger charge is -2.12. The molecule has 0 radical (unpaired) electrons. The number of rotatable bonds is 12. The van der Waals surface area contributed by atoms with Crippen molar-refractivity contribution in [3.63, 3.8) is 0 Å². The van der Waals surface area contributed by atoms with E-state index >= 15 is 0 Å². The number of methoxy groups -OCH3 is 1. The van der Waals surface area contributed by atoms with Crippen molar-refractivity contribution in [2.75, 3.05) is 33.0 Å². The number of nitrogens with one attached hydrogen (secondary N) is 2. The molecule has 0 spiro atoms. The van der Waals surface area contributed by atoms with E-state index in [4.69, 9.17) is 9.73 Å². The van der Waals surface area contributed by atoms with Crippen molar-refractivity contribution in [2.24, 2.45) is 10.9 Å². The Hall–Kier alpha value is -2.22. The molecule has 1 aromatic heterocycles. The van der Waals surface area contributed by atoms with Gasteiger partial charge in [-0.15, -0.1) is 10.2 Å². The molecule has 0 amide bonds. The lowest BCUT2D eigenvalue weighted by Crippen LogP contribution is -2.38. The third-order valence-electron chi connectivity index (χ3n) is 4.56. The zero-order valence-electron chi connectivity index (χ0n) is 18.9. The van der Waals surface area contributed by atoms with Crippen LogP contribution in [-0.4, -0.2) is 53.7 Å². The average molecular weight is 433 g/mol. The Bertz CT molecular complexity index is 772. The van der Waals surface area contributed by atoms with E-state index in [9.17, 15) is 0 Å². The summed E-state index contributed by atoms with van der Waals surface area (Å²) >= 11 is 1.65. The minimum atomic E-state index is 0.568. The van der Waals surface area contributed by atoms with E-state index in [0.29, 0.717) is 5.92 Å². The first-order valence-corrected chi connectivity index (χ1v) is 11.9. The summed E-state index contributed by atoms with van der Waals surface area (Å²) in [5, 5.41) is 16.4. The Labute approximate surface area is 185 Å². The summed E-state index contributed by atoms with van der Waals surface area (Å²) in [6, 6.07) is 8.19. The standard InChI is InChI=1S/C22H36N6OS/c1-6-23-21(25-15-13-18-9-11-19(29-4)12-10-18)24-14-7-8-20-26-27-22(30-5)28(20)16-17(2)3/h9-12,17H,6-8,13-16H2,1-5H3,(H2,23,24,25). The van der Waals surface area contributed by atoms with Crippen molar-refractivity contribution in [3.8, 4) is 5.75 Å². The number of guanidine groups is 1. The summed E-state index contributed by atoms with van der Waals surface area (Å²) in [7, 11) is 1.69. The van der Waals surface area contributed by atoms with Gasteiger partial charge in [0.2, 0.25) is 0 Å². The number of benzene rings is 1. The Balaban J connectivity index is 1.82. The third-order valence-corrected chi connectivity index (χ3v) is 5.23. The van der Waals surface area contributed by atoms with Gasteiger partial charge in [0.15, 0.2) is 11.1 Å². The van der Waals surface area contributed by atoms with Gasteiger partial charge < -0.3 is 19.9 Å². The molecule has 8 heteroatoms. The first kappa shape index (κ1) is 24.1. The molecule has 0 bridgehead atoms. The number of hydrogen-bond acceptors (Lipinski definition) is 5. The summed E-state index contributed by atoms with van der Waals surface area (Å²) < 4.78 is 7.46. The number of hydrogen-bond donors (Lipinski definition) is 2. The van der Waals surface area contributed by atoms with E-state index in [1.165, 1.54) is 5.56 Å². The largest absolute Gasteiger partial charge is 0.497 e. The minimum Gasteiger partial charge on any atom is -0.497 e. The molecule has 2 aromatic rings. The molecule has 2 N–H and O–H groups in total. The fourth-order valence-electron chi connectivity index (χ4n) is 3.09. The molecule has 0 aliphatic carbocycles. The molecule has 0 aliphatic rings. The number of aliphatic imine (C=N–C) groups is 1. The highest BCUT2D eigenvalue weighted by atomic mass is 32.2. The second kappa shape index (κ2) is 13.2. The van der Waals surface area contributed by atoms with Crippen LogP contribution in [0, 0.1) is 5.92 Å². The molecule has 0 atom stereocenters. The van der Waals surface area contributed by atoms with Gasteiger partial charge in [0.25, 0.3) is 0 Å². The number of thioether (sulfide) groups is 1. The smallest absolute Gasteiger partial charge is 0.191 e. The van der Waals surface area contributed by atoms with Gasteiger partial charge in [0.05, 0.1) is 7.11 Å². The lowest BCUT2D eigenvalue weighted by atomic mass is 10.1. The van der Waals surface area contributed by atoms with E-state index < -0.39 is 0 Å². The van der Waals surface area contributed by atoms with Crippen LogP contribution in [0.5, 0.6) is 5.75 Å². The molecular weight excluding hydrogens is 396 g/mol. The van der Waals surface area contributed by atoms with E-state index in [0.717, 1.165) is 68.1 Å². The molecule has 0 aliphatic heterocycles. The average Bonchev–Trinajstić information content (AvgIpc) is 3.12. The Morgan fingerprint density at radius 3 is 2.57 bits per heavy atom. The normalized spacial score (nSPS) is 11.7. The summed E-state index contributed by atoms with van der Waals surface area (Å²) in [5.41, 5.74) is 1.27. The molecule has 0 unspecified atom stereocenters. The van der Waals surface area contributed by atoms with Gasteiger partial charge in [-0.1, -0.05) is 37.7 Å². The van der Waals surface area contributed by atoms with Crippen LogP contribution in [0.15, 0.2) is 34.4 Å². The van der Waals surface area contributed by atoms with E-state index in [2.05, 4.69) is 64.6 Å². The van der Waals surface area contributed by atoms with Crippen molar-refractivity contribution >= 4 is 17.7 Å². The Morgan fingerprint density at radius 1 is 1.17 bits per heavy atom. The second-order valence-electron chi connectivity index (χ2n) is 7.50. The first-order valence-electron chi connectivity index (χ1n) is 10.7. The number of ether oxygens (including phenoxy) is 1. The van der Waals surface area contributed by atoms with E-state index in [1.807, 2.05) is 12.1 Å². The van der Waals surface area contributed by atoms with Crippen LogP contribution in [0.3, 0.4) is 0 Å². The van der Waals surface area contributed by atoms with Crippen molar-refractivity contribution < 1.29 is 4.74 Å². The monoisotopic (exact) mass is 432 g/mol. The van der Waals surface area contributed by atoms with Crippen molar-refractivity contribution in [1.82, 2.24) is 25.4 Å². The van der Waals surface area contributed by atoms with Gasteiger partial charge in [-0.3, -0.25) is 4.99 Å². The first-order chi connectivity index (χ1) is 14.6. The van der Waals surface area contributed by atoms with Gasteiger partial charge in [-0.05, 0) is 49.6 Å². The predicted octanol–water partition coefficient (Wildman–Crippen LogP) is 3.40. The molecule has 1 aromatic carbocycles. The highest BCUT2D eigenvalue weighted by Crippen LogP contribution is 2.16. The van der Waals surface area contributed by atoms with Gasteiger partial charge in [-0.2, -0.15) is 0 Å². The van der Waals surface area contributed by atoms with Crippen molar-refractivity contribution in [2.45, 2.75) is 51.7 Å². The zero-order valence-corrected chi connectivity index (χ0v) is 19.8. The summed E-state index contributed by atoms with van der Waals surface area (Å²) in [6.45, 7) is 9.90. The fraction of sp³-hybridized carbons (Fsp3) is 0.591. The van der Waals surface area contributed by atoms with Crippen molar-refractivity contribution in [1.29, 1.82) is 0 Å². The Morgan fingerprint density at radius 2 is 1.93 bits per heavy atom. The summed E-state index contributed by atoms with van der Waals surface area (Å²) in [4.78, 5) is 4.72. The van der Waals surface area contributed by atoms with Crippen LogP contribution in [0.4, 0.5) is 0 Å². The van der Waals surface area contributed by atoms with Crippen LogP contribution < -0.4 is 15.4 Å². The summed E-state index contributed by atoms with van der Waals surface area (Å²) in [6.07, 6.45) is 4.81. The van der Waals surface area contributed by atoms with E-state index in [-0.39, 0.29) is 0 Å². The maximum atomic E-state index is 5.21. The molecule has 0 fully saturated rings. The predicted molar refractivity (Wildman–Crippen MR) is 126 cm³/mol. The second-order valence-corrected chi connectivity index (χ2v) is 8.27. The number of nitrogens with zero attached hydrogens (tertiary/aromatic N) is 4. The zero-order chi connectivity index (χ0) is 21.8.